The summed E-state index contributed by atoms with van der Waals surface area (Å²) >= 11 is 0. The van der Waals surface area contributed by atoms with Gasteiger partial charge in [0.25, 0.3) is 0 Å². The third-order valence-electron chi connectivity index (χ3n) is 5.02. The van der Waals surface area contributed by atoms with E-state index in [4.69, 9.17) is 0 Å². The zero-order valence-electron chi connectivity index (χ0n) is 13.8. The molecule has 5 heteroatoms. The van der Waals surface area contributed by atoms with Crippen LogP contribution in [0.2, 0.25) is 0 Å². The predicted octanol–water partition coefficient (Wildman–Crippen LogP) is 3.24. The average molecular weight is 319 g/mol. The van der Waals surface area contributed by atoms with Crippen molar-refractivity contribution in [2.75, 3.05) is 31.1 Å². The number of para-hydroxylation sites is 1. The molecule has 2 aliphatic rings. The first-order valence-corrected chi connectivity index (χ1v) is 8.68. The SMILES string of the molecule is CC1CCCC(NC(=O)N2CCN(c3ccccc3F)CC2)C1. The lowest BCUT2D eigenvalue weighted by Gasteiger charge is -2.37. The summed E-state index contributed by atoms with van der Waals surface area (Å²) in [5, 5.41) is 3.18. The maximum Gasteiger partial charge on any atom is 0.317 e. The van der Waals surface area contributed by atoms with Crippen molar-refractivity contribution in [2.45, 2.75) is 38.6 Å². The van der Waals surface area contributed by atoms with Gasteiger partial charge in [-0.25, -0.2) is 9.18 Å². The Morgan fingerprint density at radius 2 is 1.91 bits per heavy atom. The number of nitrogens with zero attached hydrogens (tertiary/aromatic N) is 2. The zero-order valence-corrected chi connectivity index (χ0v) is 13.8. The Morgan fingerprint density at radius 3 is 2.61 bits per heavy atom. The number of carbonyl (C=O) groups excluding carboxylic acids is 1. The van der Waals surface area contributed by atoms with Crippen LogP contribution in [-0.2, 0) is 0 Å². The lowest BCUT2D eigenvalue weighted by atomic mass is 9.87. The molecule has 23 heavy (non-hydrogen) atoms. The highest BCUT2D eigenvalue weighted by Gasteiger charge is 2.26. The molecule has 3 rings (SSSR count). The van der Waals surface area contributed by atoms with Crippen LogP contribution in [0.4, 0.5) is 14.9 Å². The molecule has 2 amide bonds. The molecule has 2 unspecified atom stereocenters. The second kappa shape index (κ2) is 7.20. The number of nitrogens with one attached hydrogen (secondary N) is 1. The quantitative estimate of drug-likeness (QED) is 0.908. The first kappa shape index (κ1) is 16.1. The Labute approximate surface area is 137 Å². The topological polar surface area (TPSA) is 35.6 Å². The van der Waals surface area contributed by atoms with E-state index in [1.54, 1.807) is 12.1 Å². The normalized spacial score (nSPS) is 25.3. The number of hydrogen-bond donors (Lipinski definition) is 1. The highest BCUT2D eigenvalue weighted by atomic mass is 19.1. The molecule has 1 aromatic rings. The summed E-state index contributed by atoms with van der Waals surface area (Å²) in [6.07, 6.45) is 4.65. The number of piperazine rings is 1. The van der Waals surface area contributed by atoms with Crippen molar-refractivity contribution in [1.29, 1.82) is 0 Å². The van der Waals surface area contributed by atoms with E-state index in [1.807, 2.05) is 15.9 Å². The standard InChI is InChI=1S/C18H26FN3O/c1-14-5-4-6-15(13-14)20-18(23)22-11-9-21(10-12-22)17-8-3-2-7-16(17)19/h2-3,7-8,14-15H,4-6,9-13H2,1H3,(H,20,23). The summed E-state index contributed by atoms with van der Waals surface area (Å²) in [5.41, 5.74) is 0.633. The number of halogens is 1. The first-order chi connectivity index (χ1) is 11.1. The van der Waals surface area contributed by atoms with Gasteiger partial charge in [0.1, 0.15) is 5.82 Å². The predicted molar refractivity (Wildman–Crippen MR) is 90.1 cm³/mol. The maximum atomic E-state index is 13.8. The van der Waals surface area contributed by atoms with Crippen LogP contribution in [0, 0.1) is 11.7 Å². The van der Waals surface area contributed by atoms with Crippen LogP contribution in [0.1, 0.15) is 32.6 Å². The lowest BCUT2D eigenvalue weighted by Crippen LogP contribution is -2.54. The largest absolute Gasteiger partial charge is 0.366 e. The van der Waals surface area contributed by atoms with Gasteiger partial charge in [0.2, 0.25) is 0 Å². The Bertz CT molecular complexity index is 543. The van der Waals surface area contributed by atoms with Crippen molar-refractivity contribution < 1.29 is 9.18 Å². The molecule has 0 radical (unpaired) electrons. The van der Waals surface area contributed by atoms with Gasteiger partial charge < -0.3 is 15.1 Å². The Hall–Kier alpha value is -1.78. The van der Waals surface area contributed by atoms with E-state index in [0.29, 0.717) is 43.8 Å². The molecule has 1 saturated heterocycles. The lowest BCUT2D eigenvalue weighted by molar-refractivity contribution is 0.183. The summed E-state index contributed by atoms with van der Waals surface area (Å²) in [4.78, 5) is 16.3. The fraction of sp³-hybridized carbons (Fsp3) is 0.611. The monoisotopic (exact) mass is 319 g/mol. The van der Waals surface area contributed by atoms with E-state index in [1.165, 1.54) is 18.9 Å². The Morgan fingerprint density at radius 1 is 1.17 bits per heavy atom. The summed E-state index contributed by atoms with van der Waals surface area (Å²) in [6.45, 7) is 4.89. The van der Waals surface area contributed by atoms with Crippen molar-refractivity contribution in [3.63, 3.8) is 0 Å². The molecule has 2 fully saturated rings. The number of carbonyl (C=O) groups is 1. The van der Waals surface area contributed by atoms with Crippen LogP contribution in [0.3, 0.4) is 0 Å². The van der Waals surface area contributed by atoms with E-state index in [9.17, 15) is 9.18 Å². The molecule has 0 bridgehead atoms. The van der Waals surface area contributed by atoms with Crippen molar-refractivity contribution in [3.05, 3.63) is 30.1 Å². The van der Waals surface area contributed by atoms with Gasteiger partial charge in [0.15, 0.2) is 0 Å². The van der Waals surface area contributed by atoms with E-state index in [2.05, 4.69) is 12.2 Å². The molecule has 126 valence electrons. The molecule has 1 aliphatic heterocycles. The van der Waals surface area contributed by atoms with Crippen molar-refractivity contribution in [1.82, 2.24) is 10.2 Å². The first-order valence-electron chi connectivity index (χ1n) is 8.68. The van der Waals surface area contributed by atoms with Crippen LogP contribution in [0.25, 0.3) is 0 Å². The van der Waals surface area contributed by atoms with E-state index in [-0.39, 0.29) is 11.8 Å². The molecule has 1 aliphatic carbocycles. The van der Waals surface area contributed by atoms with Crippen LogP contribution in [-0.4, -0.2) is 43.2 Å². The number of amides is 2. The third-order valence-corrected chi connectivity index (χ3v) is 5.02. The molecular formula is C18H26FN3O. The molecule has 1 N–H and O–H groups in total. The van der Waals surface area contributed by atoms with Gasteiger partial charge >= 0.3 is 6.03 Å². The second-order valence-electron chi connectivity index (χ2n) is 6.84. The smallest absolute Gasteiger partial charge is 0.317 e. The molecular weight excluding hydrogens is 293 g/mol. The number of benzene rings is 1. The highest BCUT2D eigenvalue weighted by molar-refractivity contribution is 5.75. The summed E-state index contributed by atoms with van der Waals surface area (Å²) in [6, 6.07) is 7.19. The van der Waals surface area contributed by atoms with E-state index >= 15 is 0 Å². The van der Waals surface area contributed by atoms with Gasteiger partial charge in [-0.2, -0.15) is 0 Å². The van der Waals surface area contributed by atoms with Crippen LogP contribution >= 0.6 is 0 Å². The zero-order chi connectivity index (χ0) is 16.2. The minimum Gasteiger partial charge on any atom is -0.366 e. The minimum atomic E-state index is -0.193. The Balaban J connectivity index is 1.50. The summed E-state index contributed by atoms with van der Waals surface area (Å²) < 4.78 is 13.8. The number of hydrogen-bond acceptors (Lipinski definition) is 2. The molecule has 4 nitrogen and oxygen atoms in total. The van der Waals surface area contributed by atoms with Crippen molar-refractivity contribution >= 4 is 11.7 Å². The average Bonchev–Trinajstić information content (AvgIpc) is 2.55. The van der Waals surface area contributed by atoms with Crippen molar-refractivity contribution in [2.24, 2.45) is 5.92 Å². The number of urea groups is 1. The van der Waals surface area contributed by atoms with E-state index in [0.717, 1.165) is 12.8 Å². The maximum absolute atomic E-state index is 13.8. The fourth-order valence-electron chi connectivity index (χ4n) is 3.69. The van der Waals surface area contributed by atoms with Gasteiger partial charge in [-0.3, -0.25) is 0 Å². The van der Waals surface area contributed by atoms with Gasteiger partial charge in [-0.15, -0.1) is 0 Å². The minimum absolute atomic E-state index is 0.0392. The summed E-state index contributed by atoms with van der Waals surface area (Å²) in [5.74, 6) is 0.508. The Kier molecular flexibility index (Phi) is 5.03. The van der Waals surface area contributed by atoms with Crippen LogP contribution < -0.4 is 10.2 Å². The molecule has 1 saturated carbocycles. The van der Waals surface area contributed by atoms with Gasteiger partial charge in [-0.1, -0.05) is 31.9 Å². The van der Waals surface area contributed by atoms with Gasteiger partial charge in [0.05, 0.1) is 5.69 Å². The highest BCUT2D eigenvalue weighted by Crippen LogP contribution is 2.24. The number of anilines is 1. The molecule has 1 heterocycles. The van der Waals surface area contributed by atoms with Gasteiger partial charge in [0, 0.05) is 32.2 Å². The number of rotatable bonds is 2. The molecule has 2 atom stereocenters. The van der Waals surface area contributed by atoms with Crippen LogP contribution in [0.5, 0.6) is 0 Å². The molecule has 0 spiro atoms. The van der Waals surface area contributed by atoms with Crippen LogP contribution in [0.15, 0.2) is 24.3 Å². The van der Waals surface area contributed by atoms with E-state index < -0.39 is 0 Å². The molecule has 1 aromatic carbocycles. The third kappa shape index (κ3) is 3.95. The molecule has 0 aromatic heterocycles. The summed E-state index contributed by atoms with van der Waals surface area (Å²) in [7, 11) is 0. The second-order valence-corrected chi connectivity index (χ2v) is 6.84. The fourth-order valence-corrected chi connectivity index (χ4v) is 3.69. The van der Waals surface area contributed by atoms with Gasteiger partial charge in [-0.05, 0) is 30.9 Å². The van der Waals surface area contributed by atoms with Crippen molar-refractivity contribution in [3.8, 4) is 0 Å².